The second kappa shape index (κ2) is 11.8. The summed E-state index contributed by atoms with van der Waals surface area (Å²) in [6, 6.07) is 13.4. The van der Waals surface area contributed by atoms with E-state index in [0.29, 0.717) is 42.7 Å². The Bertz CT molecular complexity index is 1770. The van der Waals surface area contributed by atoms with E-state index in [0.717, 1.165) is 23.1 Å². The highest BCUT2D eigenvalue weighted by molar-refractivity contribution is 7.90. The lowest BCUT2D eigenvalue weighted by Crippen LogP contribution is -2.38. The fraction of sp³-hybridized carbons (Fsp3) is 0.367. The van der Waals surface area contributed by atoms with Gasteiger partial charge in [-0.05, 0) is 87.2 Å². The predicted molar refractivity (Wildman–Crippen MR) is 158 cm³/mol. The van der Waals surface area contributed by atoms with Crippen LogP contribution in [0, 0.1) is 0 Å². The van der Waals surface area contributed by atoms with Crippen LogP contribution in [0.15, 0.2) is 59.6 Å². The minimum atomic E-state index is -3.58. The number of benzene rings is 2. The van der Waals surface area contributed by atoms with E-state index in [4.69, 9.17) is 9.47 Å². The van der Waals surface area contributed by atoms with E-state index >= 15 is 0 Å². The smallest absolute Gasteiger partial charge is 0.410 e. The van der Waals surface area contributed by atoms with Gasteiger partial charge in [0.15, 0.2) is 15.5 Å². The van der Waals surface area contributed by atoms with E-state index in [-0.39, 0.29) is 22.7 Å². The molecule has 4 aromatic rings. The van der Waals surface area contributed by atoms with Crippen molar-refractivity contribution in [1.82, 2.24) is 19.5 Å². The number of nitrogens with one attached hydrogen (secondary N) is 1. The van der Waals surface area contributed by atoms with Crippen molar-refractivity contribution in [3.8, 4) is 16.9 Å². The molecule has 5 rings (SSSR count). The van der Waals surface area contributed by atoms with Gasteiger partial charge in [-0.25, -0.2) is 26.5 Å². The number of pyridine rings is 1. The number of aromatic nitrogens is 3. The molecule has 43 heavy (non-hydrogen) atoms. The predicted octanol–water partition coefficient (Wildman–Crippen LogP) is 5.52. The van der Waals surface area contributed by atoms with Crippen molar-refractivity contribution in [2.24, 2.45) is 0 Å². The Morgan fingerprint density at radius 1 is 1.05 bits per heavy atom. The SMILES string of the molecule is CC(C)(C)OC(=O)N1CCc2ccc(Nc3nc4c(-c5cc(S(C)(=O)=O)ccc5OCC(F)F)cccn4n3)cc2CC1. The number of sulfone groups is 1. The third-order valence-electron chi connectivity index (χ3n) is 6.81. The molecule has 0 saturated carbocycles. The molecule has 2 aromatic carbocycles. The third kappa shape index (κ3) is 7.22. The van der Waals surface area contributed by atoms with Gasteiger partial charge in [0.25, 0.3) is 6.43 Å². The van der Waals surface area contributed by atoms with Crippen molar-refractivity contribution < 1.29 is 31.5 Å². The standard InChI is InChI=1S/C30H33F2N5O5S/c1-30(2,3)42-29(38)36-14-11-19-7-8-21(16-20(19)12-15-36)33-28-34-27-23(6-5-13-37(27)35-28)24-17-22(43(4,39)40)9-10-25(24)41-18-26(31)32/h5-10,13,16-17,26H,11-12,14-15,18H2,1-4H3,(H,33,35). The molecule has 228 valence electrons. The van der Waals surface area contributed by atoms with E-state index in [9.17, 15) is 22.0 Å². The van der Waals surface area contributed by atoms with Gasteiger partial charge in [0, 0.05) is 42.4 Å². The van der Waals surface area contributed by atoms with Crippen LogP contribution in [-0.4, -0.2) is 72.0 Å². The molecule has 0 radical (unpaired) electrons. The molecule has 1 aliphatic heterocycles. The first-order valence-corrected chi connectivity index (χ1v) is 15.6. The van der Waals surface area contributed by atoms with Crippen LogP contribution in [0.1, 0.15) is 31.9 Å². The molecule has 1 aliphatic rings. The maximum atomic E-state index is 12.9. The number of hydrogen-bond acceptors (Lipinski definition) is 8. The number of ether oxygens (including phenoxy) is 2. The van der Waals surface area contributed by atoms with Crippen molar-refractivity contribution in [2.75, 3.05) is 31.3 Å². The Morgan fingerprint density at radius 3 is 2.49 bits per heavy atom. The molecule has 1 amide bonds. The largest absolute Gasteiger partial charge is 0.487 e. The van der Waals surface area contributed by atoms with E-state index in [1.807, 2.05) is 39.0 Å². The molecule has 2 aromatic heterocycles. The van der Waals surface area contributed by atoms with Gasteiger partial charge < -0.3 is 19.7 Å². The summed E-state index contributed by atoms with van der Waals surface area (Å²) < 4.78 is 62.8. The number of carbonyl (C=O) groups is 1. The monoisotopic (exact) mass is 613 g/mol. The minimum absolute atomic E-state index is 0.0157. The van der Waals surface area contributed by atoms with Crippen molar-refractivity contribution in [3.63, 3.8) is 0 Å². The first-order valence-electron chi connectivity index (χ1n) is 13.7. The Balaban J connectivity index is 1.42. The summed E-state index contributed by atoms with van der Waals surface area (Å²) in [6.07, 6.45) is 1.08. The molecule has 0 aliphatic carbocycles. The molecule has 13 heteroatoms. The molecule has 1 N–H and O–H groups in total. The molecular weight excluding hydrogens is 580 g/mol. The number of hydrogen-bond donors (Lipinski definition) is 1. The fourth-order valence-corrected chi connectivity index (χ4v) is 5.49. The van der Waals surface area contributed by atoms with Crippen LogP contribution < -0.4 is 10.1 Å². The van der Waals surface area contributed by atoms with Gasteiger partial charge in [-0.1, -0.05) is 6.07 Å². The van der Waals surface area contributed by atoms with Crippen LogP contribution in [0.25, 0.3) is 16.8 Å². The molecule has 0 unspecified atom stereocenters. The van der Waals surface area contributed by atoms with Crippen molar-refractivity contribution in [2.45, 2.75) is 50.5 Å². The van der Waals surface area contributed by atoms with Gasteiger partial charge in [-0.2, -0.15) is 4.98 Å². The lowest BCUT2D eigenvalue weighted by molar-refractivity contribution is 0.0258. The molecule has 0 fully saturated rings. The first-order chi connectivity index (χ1) is 20.3. The van der Waals surface area contributed by atoms with Crippen LogP contribution in [-0.2, 0) is 27.4 Å². The zero-order chi connectivity index (χ0) is 30.9. The van der Waals surface area contributed by atoms with Crippen molar-refractivity contribution in [3.05, 3.63) is 65.9 Å². The molecule has 0 bridgehead atoms. The summed E-state index contributed by atoms with van der Waals surface area (Å²) in [5, 5.41) is 7.74. The minimum Gasteiger partial charge on any atom is -0.487 e. The second-order valence-electron chi connectivity index (χ2n) is 11.3. The number of anilines is 2. The van der Waals surface area contributed by atoms with E-state index in [1.54, 1.807) is 23.2 Å². The lowest BCUT2D eigenvalue weighted by Gasteiger charge is -2.26. The maximum Gasteiger partial charge on any atom is 0.410 e. The van der Waals surface area contributed by atoms with Crippen LogP contribution >= 0.6 is 0 Å². The number of carbonyl (C=O) groups excluding carboxylic acids is 1. The summed E-state index contributed by atoms with van der Waals surface area (Å²) in [7, 11) is -3.58. The number of alkyl halides is 2. The second-order valence-corrected chi connectivity index (χ2v) is 13.3. The Morgan fingerprint density at radius 2 is 1.79 bits per heavy atom. The Kier molecular flexibility index (Phi) is 8.28. The van der Waals surface area contributed by atoms with Gasteiger partial charge in [0.1, 0.15) is 18.0 Å². The molecular formula is C30H33F2N5O5S. The average Bonchev–Trinajstić information content (AvgIpc) is 3.21. The van der Waals surface area contributed by atoms with Gasteiger partial charge in [-0.15, -0.1) is 5.10 Å². The number of nitrogens with zero attached hydrogens (tertiary/aromatic N) is 4. The zero-order valence-corrected chi connectivity index (χ0v) is 25.1. The summed E-state index contributed by atoms with van der Waals surface area (Å²) >= 11 is 0. The summed E-state index contributed by atoms with van der Waals surface area (Å²) in [5.41, 5.74) is 3.56. The topological polar surface area (TPSA) is 115 Å². The van der Waals surface area contributed by atoms with Crippen molar-refractivity contribution in [1.29, 1.82) is 0 Å². The fourth-order valence-electron chi connectivity index (χ4n) is 4.84. The normalized spacial score (nSPS) is 14.0. The molecule has 3 heterocycles. The van der Waals surface area contributed by atoms with Crippen LogP contribution in [0.5, 0.6) is 5.75 Å². The summed E-state index contributed by atoms with van der Waals surface area (Å²) in [6.45, 7) is 5.79. The number of fused-ring (bicyclic) bond motifs is 2. The average molecular weight is 614 g/mol. The van der Waals surface area contributed by atoms with Gasteiger partial charge in [0.05, 0.1) is 4.90 Å². The molecule has 0 atom stereocenters. The van der Waals surface area contributed by atoms with Crippen LogP contribution in [0.4, 0.5) is 25.2 Å². The van der Waals surface area contributed by atoms with Gasteiger partial charge >= 0.3 is 6.09 Å². The highest BCUT2D eigenvalue weighted by Gasteiger charge is 2.24. The summed E-state index contributed by atoms with van der Waals surface area (Å²) in [4.78, 5) is 19.0. The Labute approximate surface area is 248 Å². The van der Waals surface area contributed by atoms with Crippen molar-refractivity contribution >= 4 is 33.2 Å². The lowest BCUT2D eigenvalue weighted by atomic mass is 10.0. The van der Waals surface area contributed by atoms with E-state index in [2.05, 4.69) is 15.4 Å². The Hall–Kier alpha value is -4.26. The third-order valence-corrected chi connectivity index (χ3v) is 7.92. The molecule has 0 spiro atoms. The van der Waals surface area contributed by atoms with Gasteiger partial charge in [-0.3, -0.25) is 0 Å². The highest BCUT2D eigenvalue weighted by Crippen LogP contribution is 2.35. The summed E-state index contributed by atoms with van der Waals surface area (Å²) in [5.74, 6) is 0.384. The highest BCUT2D eigenvalue weighted by atomic mass is 32.2. The maximum absolute atomic E-state index is 12.9. The van der Waals surface area contributed by atoms with E-state index in [1.165, 1.54) is 22.7 Å². The number of rotatable bonds is 7. The first kappa shape index (κ1) is 30.2. The van der Waals surface area contributed by atoms with E-state index < -0.39 is 28.5 Å². The quantitative estimate of drug-likeness (QED) is 0.290. The van der Waals surface area contributed by atoms with Crippen LogP contribution in [0.2, 0.25) is 0 Å². The van der Waals surface area contributed by atoms with Gasteiger partial charge in [0.2, 0.25) is 5.95 Å². The number of amides is 1. The van der Waals surface area contributed by atoms with Crippen LogP contribution in [0.3, 0.4) is 0 Å². The molecule has 0 saturated heterocycles. The molecule has 10 nitrogen and oxygen atoms in total. The zero-order valence-electron chi connectivity index (χ0n) is 24.3. The number of halogens is 2.